The molecule has 0 aromatic carbocycles. The van der Waals surface area contributed by atoms with Crippen molar-refractivity contribution in [1.29, 1.82) is 0 Å². The van der Waals surface area contributed by atoms with Gasteiger partial charge >= 0.3 is 0 Å². The van der Waals surface area contributed by atoms with Crippen molar-refractivity contribution in [2.75, 3.05) is 13.8 Å². The van der Waals surface area contributed by atoms with E-state index in [0.717, 1.165) is 6.67 Å². The van der Waals surface area contributed by atoms with E-state index in [2.05, 4.69) is 21.3 Å². The number of nitrogens with one attached hydrogen (secondary N) is 4. The Kier molecular flexibility index (Phi) is 2.26. The average Bonchev–Trinajstić information content (AvgIpc) is 2.50. The smallest absolute Gasteiger partial charge is 0.128 e. The molecule has 6 heteroatoms. The maximum atomic E-state index is 5.69. The zero-order valence-corrected chi connectivity index (χ0v) is 7.00. The van der Waals surface area contributed by atoms with Crippen LogP contribution in [0.4, 0.5) is 0 Å². The number of nitrogens with two attached hydrogens (primary N) is 1. The number of hydrogen-bond acceptors (Lipinski definition) is 6. The van der Waals surface area contributed by atoms with E-state index in [-0.39, 0.29) is 24.7 Å². The first-order chi connectivity index (χ1) is 5.81. The van der Waals surface area contributed by atoms with E-state index in [0.29, 0.717) is 0 Å². The van der Waals surface area contributed by atoms with E-state index in [1.807, 2.05) is 0 Å². The van der Waals surface area contributed by atoms with Crippen LogP contribution in [0.5, 0.6) is 0 Å². The van der Waals surface area contributed by atoms with Gasteiger partial charge in [0, 0.05) is 13.8 Å². The summed E-state index contributed by atoms with van der Waals surface area (Å²) in [5.74, 6) is 0. The quantitative estimate of drug-likeness (QED) is 0.295. The van der Waals surface area contributed by atoms with Gasteiger partial charge in [0.1, 0.15) is 12.5 Å². The van der Waals surface area contributed by atoms with Crippen LogP contribution in [0, 0.1) is 0 Å². The number of methoxy groups -OCH3 is 1. The van der Waals surface area contributed by atoms with Crippen LogP contribution in [0.3, 0.4) is 0 Å². The largest absolute Gasteiger partial charge is 0.365 e. The van der Waals surface area contributed by atoms with Crippen LogP contribution >= 0.6 is 0 Å². The average molecular weight is 173 g/mol. The van der Waals surface area contributed by atoms with Crippen LogP contribution in [0.25, 0.3) is 0 Å². The second kappa shape index (κ2) is 3.25. The Labute approximate surface area is 71.2 Å². The van der Waals surface area contributed by atoms with Crippen LogP contribution < -0.4 is 27.0 Å². The standard InChI is InChI=1S/C6H15N5O/c1-12-5-3-4(9-2-8-3)10-6(7)11-5/h3-6,8-11H,2,7H2,1H3. The van der Waals surface area contributed by atoms with Crippen LogP contribution in [-0.4, -0.2) is 38.5 Å². The van der Waals surface area contributed by atoms with Crippen molar-refractivity contribution in [2.45, 2.75) is 24.7 Å². The van der Waals surface area contributed by atoms with Crippen molar-refractivity contribution in [3.05, 3.63) is 0 Å². The highest BCUT2D eigenvalue weighted by molar-refractivity contribution is 4.95. The van der Waals surface area contributed by atoms with Gasteiger partial charge in [0.25, 0.3) is 0 Å². The molecule has 0 aromatic heterocycles. The maximum Gasteiger partial charge on any atom is 0.128 e. The maximum absolute atomic E-state index is 5.69. The van der Waals surface area contributed by atoms with Crippen molar-refractivity contribution in [2.24, 2.45) is 5.73 Å². The third-order valence-electron chi connectivity index (χ3n) is 2.30. The minimum atomic E-state index is -0.205. The van der Waals surface area contributed by atoms with Crippen molar-refractivity contribution in [1.82, 2.24) is 21.3 Å². The van der Waals surface area contributed by atoms with Crippen molar-refractivity contribution in [3.63, 3.8) is 0 Å². The number of ether oxygens (including phenoxy) is 1. The van der Waals surface area contributed by atoms with Gasteiger partial charge < -0.3 is 10.5 Å². The molecular weight excluding hydrogens is 158 g/mol. The molecule has 0 bridgehead atoms. The Balaban J connectivity index is 2.04. The van der Waals surface area contributed by atoms with E-state index >= 15 is 0 Å². The van der Waals surface area contributed by atoms with Crippen molar-refractivity contribution in [3.8, 4) is 0 Å². The fraction of sp³-hybridized carbons (Fsp3) is 1.00. The zero-order chi connectivity index (χ0) is 8.55. The highest BCUT2D eigenvalue weighted by Gasteiger charge is 2.38. The predicted molar refractivity (Wildman–Crippen MR) is 43.8 cm³/mol. The fourth-order valence-electron chi connectivity index (χ4n) is 1.71. The Hall–Kier alpha value is -0.240. The molecule has 2 aliphatic rings. The van der Waals surface area contributed by atoms with Crippen LogP contribution in [0.1, 0.15) is 0 Å². The Morgan fingerprint density at radius 2 is 2.17 bits per heavy atom. The highest BCUT2D eigenvalue weighted by Crippen LogP contribution is 2.08. The second-order valence-electron chi connectivity index (χ2n) is 3.06. The Bertz CT molecular complexity index is 166. The molecule has 2 heterocycles. The Morgan fingerprint density at radius 1 is 1.33 bits per heavy atom. The summed E-state index contributed by atoms with van der Waals surface area (Å²) in [7, 11) is 1.67. The first-order valence-electron chi connectivity index (χ1n) is 4.08. The lowest BCUT2D eigenvalue weighted by Gasteiger charge is -2.37. The monoisotopic (exact) mass is 173 g/mol. The minimum absolute atomic E-state index is 0.0266. The topological polar surface area (TPSA) is 83.4 Å². The summed E-state index contributed by atoms with van der Waals surface area (Å²) >= 11 is 0. The normalized spacial score (nSPS) is 47.5. The summed E-state index contributed by atoms with van der Waals surface area (Å²) in [5, 5.41) is 12.7. The molecule has 0 aliphatic carbocycles. The summed E-state index contributed by atoms with van der Waals surface area (Å²) < 4.78 is 5.24. The van der Waals surface area contributed by atoms with Gasteiger partial charge in [-0.3, -0.25) is 21.3 Å². The van der Waals surface area contributed by atoms with Crippen molar-refractivity contribution < 1.29 is 4.74 Å². The third kappa shape index (κ3) is 1.33. The third-order valence-corrected chi connectivity index (χ3v) is 2.30. The first-order valence-corrected chi connectivity index (χ1v) is 4.08. The summed E-state index contributed by atoms with van der Waals surface area (Å²) in [5.41, 5.74) is 5.69. The molecule has 6 N–H and O–H groups in total. The van der Waals surface area contributed by atoms with Gasteiger partial charge in [-0.1, -0.05) is 0 Å². The molecule has 12 heavy (non-hydrogen) atoms. The van der Waals surface area contributed by atoms with Crippen LogP contribution in [-0.2, 0) is 4.74 Å². The molecule has 2 rings (SSSR count). The minimum Gasteiger partial charge on any atom is -0.365 e. The molecule has 0 spiro atoms. The molecule has 2 fully saturated rings. The zero-order valence-electron chi connectivity index (χ0n) is 7.00. The van der Waals surface area contributed by atoms with Gasteiger partial charge in [0.2, 0.25) is 0 Å². The molecule has 4 atom stereocenters. The lowest BCUT2D eigenvalue weighted by Crippen LogP contribution is -2.71. The molecular formula is C6H15N5O. The number of fused-ring (bicyclic) bond motifs is 1. The van der Waals surface area contributed by atoms with Gasteiger partial charge in [-0.2, -0.15) is 0 Å². The summed E-state index contributed by atoms with van der Waals surface area (Å²) in [6.45, 7) is 0.788. The van der Waals surface area contributed by atoms with E-state index < -0.39 is 0 Å². The molecule has 0 aromatic rings. The lowest BCUT2D eigenvalue weighted by atomic mass is 10.2. The molecule has 2 saturated heterocycles. The molecule has 0 amide bonds. The van der Waals surface area contributed by atoms with Crippen molar-refractivity contribution >= 4 is 0 Å². The highest BCUT2D eigenvalue weighted by atomic mass is 16.5. The predicted octanol–water partition coefficient (Wildman–Crippen LogP) is -2.76. The van der Waals surface area contributed by atoms with Gasteiger partial charge in [-0.25, -0.2) is 0 Å². The van der Waals surface area contributed by atoms with Gasteiger partial charge in [0.15, 0.2) is 0 Å². The van der Waals surface area contributed by atoms with E-state index in [4.69, 9.17) is 10.5 Å². The first kappa shape index (κ1) is 8.36. The second-order valence-corrected chi connectivity index (χ2v) is 3.06. The summed E-state index contributed by atoms with van der Waals surface area (Å²) in [4.78, 5) is 0. The van der Waals surface area contributed by atoms with E-state index in [1.54, 1.807) is 7.11 Å². The molecule has 0 radical (unpaired) electrons. The van der Waals surface area contributed by atoms with Gasteiger partial charge in [-0.15, -0.1) is 0 Å². The lowest BCUT2D eigenvalue weighted by molar-refractivity contribution is 0.000199. The van der Waals surface area contributed by atoms with Crippen LogP contribution in [0.15, 0.2) is 0 Å². The SMILES string of the molecule is COC1NC(N)NC2NCNC21. The summed E-state index contributed by atoms with van der Waals surface area (Å²) in [6, 6.07) is 0.245. The molecule has 0 saturated carbocycles. The molecule has 4 unspecified atom stereocenters. The van der Waals surface area contributed by atoms with Crippen LogP contribution in [0.2, 0.25) is 0 Å². The van der Waals surface area contributed by atoms with Gasteiger partial charge in [0.05, 0.1) is 12.2 Å². The molecule has 2 aliphatic heterocycles. The van der Waals surface area contributed by atoms with E-state index in [9.17, 15) is 0 Å². The number of hydrogen-bond donors (Lipinski definition) is 5. The Morgan fingerprint density at radius 3 is 2.92 bits per heavy atom. The van der Waals surface area contributed by atoms with Gasteiger partial charge in [-0.05, 0) is 0 Å². The molecule has 70 valence electrons. The fourth-order valence-corrected chi connectivity index (χ4v) is 1.71. The van der Waals surface area contributed by atoms with E-state index in [1.165, 1.54) is 0 Å². The number of rotatable bonds is 1. The molecule has 6 nitrogen and oxygen atoms in total. The summed E-state index contributed by atoms with van der Waals surface area (Å²) in [6.07, 6.45) is -0.0314.